The van der Waals surface area contributed by atoms with Gasteiger partial charge in [-0.05, 0) is 57.6 Å². The van der Waals surface area contributed by atoms with E-state index in [2.05, 4.69) is 25.0 Å². The maximum absolute atomic E-state index is 12.4. The van der Waals surface area contributed by atoms with Crippen LogP contribution >= 0.6 is 0 Å². The Morgan fingerprint density at radius 3 is 2.48 bits per heavy atom. The maximum atomic E-state index is 12.4. The van der Waals surface area contributed by atoms with E-state index >= 15 is 0 Å². The first-order chi connectivity index (χ1) is 11.8. The molecule has 1 aromatic rings. The molecule has 4 nitrogen and oxygen atoms in total. The van der Waals surface area contributed by atoms with Crippen LogP contribution in [-0.2, 0) is 0 Å². The van der Waals surface area contributed by atoms with Crippen molar-refractivity contribution in [3.8, 4) is 5.75 Å². The Bertz CT molecular complexity index is 635. The molecule has 25 heavy (non-hydrogen) atoms. The summed E-state index contributed by atoms with van der Waals surface area (Å²) in [6, 6.07) is 7.88. The van der Waals surface area contributed by atoms with Gasteiger partial charge >= 0.3 is 6.09 Å². The van der Waals surface area contributed by atoms with Crippen molar-refractivity contribution in [1.82, 2.24) is 9.80 Å². The topological polar surface area (TPSA) is 32.8 Å². The lowest BCUT2D eigenvalue weighted by atomic mass is 10.1. The summed E-state index contributed by atoms with van der Waals surface area (Å²) in [5.41, 5.74) is 2.14. The SMILES string of the molecule is C=C/C=C(\C=C)C[C@@H](C)N(C)C(=O)Oc1cccc([C@H](C)N(C)C)c1. The number of amides is 1. The van der Waals surface area contributed by atoms with Crippen molar-refractivity contribution in [1.29, 1.82) is 0 Å². The van der Waals surface area contributed by atoms with Gasteiger partial charge in [0.25, 0.3) is 0 Å². The lowest BCUT2D eigenvalue weighted by molar-refractivity contribution is 0.148. The number of rotatable bonds is 8. The van der Waals surface area contributed by atoms with Gasteiger partial charge in [-0.1, -0.05) is 43.5 Å². The molecule has 1 amide bonds. The summed E-state index contributed by atoms with van der Waals surface area (Å²) in [7, 11) is 5.79. The number of hydrogen-bond donors (Lipinski definition) is 0. The van der Waals surface area contributed by atoms with Crippen LogP contribution in [0.4, 0.5) is 4.79 Å². The highest BCUT2D eigenvalue weighted by Gasteiger charge is 2.19. The molecule has 1 aromatic carbocycles. The molecular weight excluding hydrogens is 312 g/mol. The number of hydrogen-bond acceptors (Lipinski definition) is 3. The van der Waals surface area contributed by atoms with Crippen molar-refractivity contribution in [2.45, 2.75) is 32.4 Å². The Morgan fingerprint density at radius 2 is 1.92 bits per heavy atom. The molecule has 1 rings (SSSR count). The third-order valence-electron chi connectivity index (χ3n) is 4.39. The average Bonchev–Trinajstić information content (AvgIpc) is 2.59. The monoisotopic (exact) mass is 342 g/mol. The van der Waals surface area contributed by atoms with Gasteiger partial charge in [0.1, 0.15) is 5.75 Å². The van der Waals surface area contributed by atoms with Crippen LogP contribution in [0.1, 0.15) is 31.9 Å². The summed E-state index contributed by atoms with van der Waals surface area (Å²) in [4.78, 5) is 16.1. The Labute approximate surface area is 152 Å². The molecule has 2 atom stereocenters. The summed E-state index contributed by atoms with van der Waals surface area (Å²) in [6.45, 7) is 11.6. The smallest absolute Gasteiger partial charge is 0.410 e. The standard InChI is InChI=1S/C21H30N2O2/c1-8-11-18(9-2)14-16(3)23(7)21(24)25-20-13-10-12-19(15-20)17(4)22(5)6/h8-13,15-17H,1-2,14H2,3-7H3/b18-11+/t16-,17+/m1/s1. The Kier molecular flexibility index (Phi) is 8.16. The number of carbonyl (C=O) groups excluding carboxylic acids is 1. The fourth-order valence-corrected chi connectivity index (χ4v) is 2.34. The minimum atomic E-state index is -0.371. The predicted octanol–water partition coefficient (Wildman–Crippen LogP) is 4.82. The van der Waals surface area contributed by atoms with Gasteiger partial charge in [-0.3, -0.25) is 0 Å². The second-order valence-electron chi connectivity index (χ2n) is 6.43. The molecule has 0 N–H and O–H groups in total. The summed E-state index contributed by atoms with van der Waals surface area (Å²) in [5.74, 6) is 0.556. The molecule has 0 saturated heterocycles. The maximum Gasteiger partial charge on any atom is 0.415 e. The number of benzene rings is 1. The van der Waals surface area contributed by atoms with Gasteiger partial charge in [0.15, 0.2) is 0 Å². The largest absolute Gasteiger partial charge is 0.415 e. The highest BCUT2D eigenvalue weighted by molar-refractivity contribution is 5.70. The molecule has 0 fully saturated rings. The Morgan fingerprint density at radius 1 is 1.24 bits per heavy atom. The lowest BCUT2D eigenvalue weighted by Gasteiger charge is -2.25. The molecule has 0 heterocycles. The van der Waals surface area contributed by atoms with Crippen molar-refractivity contribution >= 4 is 6.09 Å². The van der Waals surface area contributed by atoms with Gasteiger partial charge in [0.05, 0.1) is 0 Å². The van der Waals surface area contributed by atoms with Crippen LogP contribution in [-0.4, -0.2) is 43.1 Å². The van der Waals surface area contributed by atoms with E-state index in [1.807, 2.05) is 45.3 Å². The van der Waals surface area contributed by atoms with Crippen molar-refractivity contribution in [2.24, 2.45) is 0 Å². The minimum Gasteiger partial charge on any atom is -0.410 e. The lowest BCUT2D eigenvalue weighted by Crippen LogP contribution is -2.37. The summed E-state index contributed by atoms with van der Waals surface area (Å²) in [5, 5.41) is 0. The van der Waals surface area contributed by atoms with Gasteiger partial charge in [0.2, 0.25) is 0 Å². The zero-order valence-electron chi connectivity index (χ0n) is 16.0. The van der Waals surface area contributed by atoms with Crippen LogP contribution in [0.3, 0.4) is 0 Å². The van der Waals surface area contributed by atoms with E-state index in [-0.39, 0.29) is 18.2 Å². The van der Waals surface area contributed by atoms with Gasteiger partial charge < -0.3 is 14.5 Å². The second kappa shape index (κ2) is 9.84. The molecule has 0 aliphatic heterocycles. The van der Waals surface area contributed by atoms with Crippen LogP contribution in [0.2, 0.25) is 0 Å². The predicted molar refractivity (Wildman–Crippen MR) is 105 cm³/mol. The average molecular weight is 342 g/mol. The van der Waals surface area contributed by atoms with E-state index in [1.165, 1.54) is 0 Å². The molecule has 0 aromatic heterocycles. The van der Waals surface area contributed by atoms with Gasteiger partial charge in [0, 0.05) is 19.1 Å². The fourth-order valence-electron chi connectivity index (χ4n) is 2.34. The zero-order valence-corrected chi connectivity index (χ0v) is 16.0. The van der Waals surface area contributed by atoms with E-state index in [4.69, 9.17) is 4.74 Å². The van der Waals surface area contributed by atoms with Gasteiger partial charge in [-0.15, -0.1) is 0 Å². The minimum absolute atomic E-state index is 0.0134. The van der Waals surface area contributed by atoms with Crippen LogP contribution < -0.4 is 4.74 Å². The van der Waals surface area contributed by atoms with E-state index in [0.717, 1.165) is 11.1 Å². The third-order valence-corrected chi connectivity index (χ3v) is 4.39. The van der Waals surface area contributed by atoms with Crippen molar-refractivity contribution in [2.75, 3.05) is 21.1 Å². The van der Waals surface area contributed by atoms with E-state index < -0.39 is 0 Å². The number of allylic oxidation sites excluding steroid dienone is 3. The molecular formula is C21H30N2O2. The summed E-state index contributed by atoms with van der Waals surface area (Å²) >= 11 is 0. The second-order valence-corrected chi connectivity index (χ2v) is 6.43. The molecule has 0 aliphatic carbocycles. The molecule has 0 aliphatic rings. The molecule has 0 unspecified atom stereocenters. The first-order valence-corrected chi connectivity index (χ1v) is 8.45. The van der Waals surface area contributed by atoms with Gasteiger partial charge in [-0.2, -0.15) is 0 Å². The highest BCUT2D eigenvalue weighted by atomic mass is 16.6. The van der Waals surface area contributed by atoms with E-state index in [0.29, 0.717) is 12.2 Å². The summed E-state index contributed by atoms with van der Waals surface area (Å²) < 4.78 is 5.55. The van der Waals surface area contributed by atoms with Crippen LogP contribution in [0.25, 0.3) is 0 Å². The Hall–Kier alpha value is -2.33. The van der Waals surface area contributed by atoms with Crippen molar-refractivity contribution < 1.29 is 9.53 Å². The highest BCUT2D eigenvalue weighted by Crippen LogP contribution is 2.23. The van der Waals surface area contributed by atoms with E-state index in [9.17, 15) is 4.79 Å². The third kappa shape index (κ3) is 6.24. The van der Waals surface area contributed by atoms with Crippen LogP contribution in [0.15, 0.2) is 61.2 Å². The fraction of sp³-hybridized carbons (Fsp3) is 0.381. The molecule has 4 heteroatoms. The molecule has 0 saturated carbocycles. The van der Waals surface area contributed by atoms with Gasteiger partial charge in [-0.25, -0.2) is 4.79 Å². The van der Waals surface area contributed by atoms with Crippen molar-refractivity contribution in [3.63, 3.8) is 0 Å². The molecule has 136 valence electrons. The Balaban J connectivity index is 2.78. The summed E-state index contributed by atoms with van der Waals surface area (Å²) in [6.07, 6.45) is 5.72. The first-order valence-electron chi connectivity index (χ1n) is 8.45. The number of ether oxygens (including phenoxy) is 1. The van der Waals surface area contributed by atoms with E-state index in [1.54, 1.807) is 30.2 Å². The van der Waals surface area contributed by atoms with Crippen LogP contribution in [0, 0.1) is 0 Å². The zero-order chi connectivity index (χ0) is 19.0. The number of carbonyl (C=O) groups is 1. The van der Waals surface area contributed by atoms with Crippen LogP contribution in [0.5, 0.6) is 5.75 Å². The normalized spacial score (nSPS) is 13.9. The quantitative estimate of drug-likeness (QED) is 0.635. The number of nitrogens with zero attached hydrogens (tertiary/aromatic N) is 2. The first kappa shape index (κ1) is 20.7. The van der Waals surface area contributed by atoms with Crippen molar-refractivity contribution in [3.05, 3.63) is 66.8 Å². The molecule has 0 bridgehead atoms. The molecule has 0 spiro atoms. The molecule has 0 radical (unpaired) electrons.